The lowest BCUT2D eigenvalue weighted by molar-refractivity contribution is -0.127. The van der Waals surface area contributed by atoms with E-state index < -0.39 is 5.41 Å². The molecule has 126 valence electrons. The van der Waals surface area contributed by atoms with Crippen molar-refractivity contribution in [3.63, 3.8) is 0 Å². The zero-order valence-corrected chi connectivity index (χ0v) is 14.3. The Labute approximate surface area is 149 Å². The molecule has 0 bridgehead atoms. The van der Waals surface area contributed by atoms with Gasteiger partial charge in [-0.05, 0) is 36.0 Å². The van der Waals surface area contributed by atoms with Gasteiger partial charge in [0, 0.05) is 0 Å². The molecule has 3 aromatic carbocycles. The van der Waals surface area contributed by atoms with Gasteiger partial charge in [-0.25, -0.2) is 0 Å². The Hall–Kier alpha value is -2.87. The summed E-state index contributed by atoms with van der Waals surface area (Å²) in [5.41, 5.74) is 8.73. The Morgan fingerprint density at radius 3 is 1.12 bits per heavy atom. The molecule has 25 heavy (non-hydrogen) atoms. The van der Waals surface area contributed by atoms with Crippen molar-refractivity contribution >= 4 is 5.91 Å². The fourth-order valence-corrected chi connectivity index (χ4v) is 3.41. The Morgan fingerprint density at radius 1 is 0.600 bits per heavy atom. The second-order valence-corrected chi connectivity index (χ2v) is 6.63. The van der Waals surface area contributed by atoms with Crippen LogP contribution in [0.3, 0.4) is 0 Å². The van der Waals surface area contributed by atoms with Crippen LogP contribution in [0.15, 0.2) is 91.0 Å². The average molecular weight is 329 g/mol. The summed E-state index contributed by atoms with van der Waals surface area (Å²) in [6, 6.07) is 30.4. The molecule has 0 saturated heterocycles. The predicted molar refractivity (Wildman–Crippen MR) is 102 cm³/mol. The van der Waals surface area contributed by atoms with E-state index in [9.17, 15) is 4.79 Å². The van der Waals surface area contributed by atoms with Crippen LogP contribution in [0.2, 0.25) is 0 Å². The Bertz CT molecular complexity index is 696. The van der Waals surface area contributed by atoms with Crippen LogP contribution in [0.1, 0.15) is 16.7 Å². The minimum atomic E-state index is -0.649. The van der Waals surface area contributed by atoms with Crippen molar-refractivity contribution in [1.29, 1.82) is 0 Å². The van der Waals surface area contributed by atoms with Crippen molar-refractivity contribution in [2.45, 2.75) is 19.3 Å². The van der Waals surface area contributed by atoms with Gasteiger partial charge < -0.3 is 5.73 Å². The van der Waals surface area contributed by atoms with Crippen molar-refractivity contribution in [3.8, 4) is 0 Å². The molecule has 0 aromatic heterocycles. The van der Waals surface area contributed by atoms with Crippen molar-refractivity contribution in [2.24, 2.45) is 11.1 Å². The average Bonchev–Trinajstić information content (AvgIpc) is 2.64. The van der Waals surface area contributed by atoms with E-state index in [4.69, 9.17) is 5.73 Å². The summed E-state index contributed by atoms with van der Waals surface area (Å²) in [5, 5.41) is 0. The smallest absolute Gasteiger partial charge is 0.224 e. The minimum Gasteiger partial charge on any atom is -0.369 e. The minimum absolute atomic E-state index is 0.246. The summed E-state index contributed by atoms with van der Waals surface area (Å²) < 4.78 is 0. The molecule has 0 radical (unpaired) electrons. The Balaban J connectivity index is 1.99. The van der Waals surface area contributed by atoms with Gasteiger partial charge >= 0.3 is 0 Å². The van der Waals surface area contributed by atoms with E-state index in [1.54, 1.807) is 0 Å². The Morgan fingerprint density at radius 2 is 0.880 bits per heavy atom. The van der Waals surface area contributed by atoms with Crippen LogP contribution in [-0.4, -0.2) is 5.91 Å². The maximum absolute atomic E-state index is 12.7. The molecule has 2 nitrogen and oxygen atoms in total. The molecule has 2 heteroatoms. The molecule has 0 atom stereocenters. The zero-order chi connectivity index (χ0) is 17.5. The van der Waals surface area contributed by atoms with Gasteiger partial charge in [-0.15, -0.1) is 0 Å². The summed E-state index contributed by atoms with van der Waals surface area (Å²) >= 11 is 0. The second-order valence-electron chi connectivity index (χ2n) is 6.63. The monoisotopic (exact) mass is 329 g/mol. The lowest BCUT2D eigenvalue weighted by Gasteiger charge is -2.31. The summed E-state index contributed by atoms with van der Waals surface area (Å²) in [7, 11) is 0. The van der Waals surface area contributed by atoms with Gasteiger partial charge in [0.05, 0.1) is 5.41 Å². The molecule has 0 spiro atoms. The molecule has 0 fully saturated rings. The first kappa shape index (κ1) is 17.0. The van der Waals surface area contributed by atoms with Gasteiger partial charge in [-0.2, -0.15) is 0 Å². The third kappa shape index (κ3) is 4.36. The fourth-order valence-electron chi connectivity index (χ4n) is 3.41. The highest BCUT2D eigenvalue weighted by atomic mass is 16.1. The molecule has 0 heterocycles. The molecule has 1 amide bonds. The van der Waals surface area contributed by atoms with Gasteiger partial charge in [-0.3, -0.25) is 4.79 Å². The van der Waals surface area contributed by atoms with Crippen LogP contribution in [-0.2, 0) is 24.1 Å². The van der Waals surface area contributed by atoms with Gasteiger partial charge in [0.1, 0.15) is 0 Å². The number of primary amides is 1. The van der Waals surface area contributed by atoms with Gasteiger partial charge in [0.25, 0.3) is 0 Å². The van der Waals surface area contributed by atoms with Crippen molar-refractivity contribution in [1.82, 2.24) is 0 Å². The third-order valence-corrected chi connectivity index (χ3v) is 4.68. The maximum Gasteiger partial charge on any atom is 0.224 e. The van der Waals surface area contributed by atoms with Crippen LogP contribution >= 0.6 is 0 Å². The number of benzene rings is 3. The van der Waals surface area contributed by atoms with Crippen LogP contribution in [0.25, 0.3) is 0 Å². The standard InChI is InChI=1S/C23H23NO/c24-22(25)23(16-19-10-4-1-5-11-19,17-20-12-6-2-7-13-20)18-21-14-8-3-9-15-21/h1-15H,16-18H2,(H2,24,25). The highest BCUT2D eigenvalue weighted by Crippen LogP contribution is 2.32. The normalized spacial score (nSPS) is 11.2. The SMILES string of the molecule is NC(=O)C(Cc1ccccc1)(Cc1ccccc1)Cc1ccccc1. The van der Waals surface area contributed by atoms with Gasteiger partial charge in [0.15, 0.2) is 0 Å². The molecule has 0 saturated carbocycles. The van der Waals surface area contributed by atoms with E-state index in [2.05, 4.69) is 36.4 Å². The summed E-state index contributed by atoms with van der Waals surface area (Å²) in [4.78, 5) is 12.7. The predicted octanol–water partition coefficient (Wildman–Crippen LogP) is 4.19. The highest BCUT2D eigenvalue weighted by molar-refractivity contribution is 5.82. The van der Waals surface area contributed by atoms with Crippen molar-refractivity contribution < 1.29 is 4.79 Å². The molecule has 0 aliphatic rings. The molecule has 0 unspecified atom stereocenters. The molecular weight excluding hydrogens is 306 g/mol. The first-order valence-electron chi connectivity index (χ1n) is 8.60. The molecule has 0 aliphatic heterocycles. The number of hydrogen-bond acceptors (Lipinski definition) is 1. The molecule has 3 aromatic rings. The number of rotatable bonds is 7. The number of carbonyl (C=O) groups is 1. The first-order valence-corrected chi connectivity index (χ1v) is 8.60. The van der Waals surface area contributed by atoms with Crippen LogP contribution < -0.4 is 5.73 Å². The van der Waals surface area contributed by atoms with Crippen molar-refractivity contribution in [3.05, 3.63) is 108 Å². The van der Waals surface area contributed by atoms with Gasteiger partial charge in [-0.1, -0.05) is 91.0 Å². The first-order chi connectivity index (χ1) is 12.2. The van der Waals surface area contributed by atoms with E-state index in [0.717, 1.165) is 16.7 Å². The second kappa shape index (κ2) is 7.80. The summed E-state index contributed by atoms with van der Waals surface area (Å²) in [5.74, 6) is -0.246. The quantitative estimate of drug-likeness (QED) is 0.694. The fraction of sp³-hybridized carbons (Fsp3) is 0.174. The van der Waals surface area contributed by atoms with E-state index >= 15 is 0 Å². The van der Waals surface area contributed by atoms with E-state index in [1.807, 2.05) is 54.6 Å². The Kier molecular flexibility index (Phi) is 5.30. The lowest BCUT2D eigenvalue weighted by atomic mass is 9.71. The molecule has 0 aliphatic carbocycles. The van der Waals surface area contributed by atoms with Gasteiger partial charge in [0.2, 0.25) is 5.91 Å². The lowest BCUT2D eigenvalue weighted by Crippen LogP contribution is -2.43. The van der Waals surface area contributed by atoms with Crippen LogP contribution in [0, 0.1) is 5.41 Å². The molecule has 2 N–H and O–H groups in total. The molecular formula is C23H23NO. The van der Waals surface area contributed by atoms with E-state index in [0.29, 0.717) is 19.3 Å². The number of carbonyl (C=O) groups excluding carboxylic acids is 1. The van der Waals surface area contributed by atoms with Crippen LogP contribution in [0.5, 0.6) is 0 Å². The highest BCUT2D eigenvalue weighted by Gasteiger charge is 2.37. The van der Waals surface area contributed by atoms with Crippen LogP contribution in [0.4, 0.5) is 0 Å². The molecule has 3 rings (SSSR count). The summed E-state index contributed by atoms with van der Waals surface area (Å²) in [6.45, 7) is 0. The topological polar surface area (TPSA) is 43.1 Å². The van der Waals surface area contributed by atoms with E-state index in [-0.39, 0.29) is 5.91 Å². The number of amides is 1. The largest absolute Gasteiger partial charge is 0.369 e. The maximum atomic E-state index is 12.7. The zero-order valence-electron chi connectivity index (χ0n) is 14.3. The van der Waals surface area contributed by atoms with Crippen molar-refractivity contribution in [2.75, 3.05) is 0 Å². The number of nitrogens with two attached hydrogens (primary N) is 1. The van der Waals surface area contributed by atoms with E-state index in [1.165, 1.54) is 0 Å². The summed E-state index contributed by atoms with van der Waals surface area (Å²) in [6.07, 6.45) is 1.90. The third-order valence-electron chi connectivity index (χ3n) is 4.68. The number of hydrogen-bond donors (Lipinski definition) is 1.